The summed E-state index contributed by atoms with van der Waals surface area (Å²) in [7, 11) is 1.61. The van der Waals surface area contributed by atoms with Crippen molar-refractivity contribution >= 4 is 22.8 Å². The van der Waals surface area contributed by atoms with Crippen molar-refractivity contribution in [3.05, 3.63) is 66.0 Å². The average Bonchev–Trinajstić information content (AvgIpc) is 3.57. The summed E-state index contributed by atoms with van der Waals surface area (Å²) in [5.41, 5.74) is 5.64. The Kier molecular flexibility index (Phi) is 5.44. The largest absolute Gasteiger partial charge is 0.480 e. The molecule has 0 atom stereocenters. The van der Waals surface area contributed by atoms with Gasteiger partial charge in [0.1, 0.15) is 11.9 Å². The van der Waals surface area contributed by atoms with Crippen LogP contribution in [0.5, 0.6) is 5.88 Å². The predicted octanol–water partition coefficient (Wildman–Crippen LogP) is 4.43. The third-order valence-corrected chi connectivity index (χ3v) is 6.83. The maximum atomic E-state index is 5.54. The van der Waals surface area contributed by atoms with E-state index >= 15 is 0 Å². The van der Waals surface area contributed by atoms with Gasteiger partial charge in [-0.1, -0.05) is 12.1 Å². The quantitative estimate of drug-likeness (QED) is 0.313. The molecule has 1 saturated carbocycles. The summed E-state index contributed by atoms with van der Waals surface area (Å²) in [6.45, 7) is 2.60. The van der Waals surface area contributed by atoms with Gasteiger partial charge in [0.2, 0.25) is 5.88 Å². The lowest BCUT2D eigenvalue weighted by Gasteiger charge is -2.11. The number of aryl methyl sites for hydroxylation is 1. The van der Waals surface area contributed by atoms with Gasteiger partial charge in [-0.25, -0.2) is 29.3 Å². The summed E-state index contributed by atoms with van der Waals surface area (Å²) in [6.07, 6.45) is 9.43. The molecule has 0 aliphatic heterocycles. The molecule has 6 rings (SSSR count). The molecule has 1 aliphatic rings. The Balaban J connectivity index is 1.33. The van der Waals surface area contributed by atoms with Gasteiger partial charge < -0.3 is 4.74 Å². The van der Waals surface area contributed by atoms with E-state index in [1.807, 2.05) is 16.3 Å². The van der Waals surface area contributed by atoms with Gasteiger partial charge in [-0.15, -0.1) is 11.8 Å². The zero-order valence-corrected chi connectivity index (χ0v) is 20.5. The Hall–Kier alpha value is -3.79. The smallest absolute Gasteiger partial charge is 0.227 e. The molecule has 0 amide bonds. The molecule has 4 aromatic heterocycles. The first-order valence-electron chi connectivity index (χ1n) is 11.4. The fraction of sp³-hybridized carbons (Fsp3) is 0.280. The zero-order valence-electron chi connectivity index (χ0n) is 19.7. The number of benzene rings is 1. The van der Waals surface area contributed by atoms with Crippen molar-refractivity contribution in [2.45, 2.75) is 37.3 Å². The van der Waals surface area contributed by atoms with Crippen LogP contribution in [0.15, 0.2) is 54.1 Å². The van der Waals surface area contributed by atoms with E-state index in [1.165, 1.54) is 0 Å². The molecule has 35 heavy (non-hydrogen) atoms. The van der Waals surface area contributed by atoms with E-state index in [4.69, 9.17) is 9.72 Å². The van der Waals surface area contributed by atoms with Crippen LogP contribution in [0.3, 0.4) is 0 Å². The normalized spacial score (nSPS) is 13.5. The minimum absolute atomic E-state index is 0.412. The number of thioether (sulfide) groups is 1. The summed E-state index contributed by atoms with van der Waals surface area (Å²) in [6, 6.07) is 10.5. The molecule has 0 N–H and O–H groups in total. The van der Waals surface area contributed by atoms with Crippen LogP contribution in [0, 0.1) is 6.92 Å². The third kappa shape index (κ3) is 4.03. The van der Waals surface area contributed by atoms with Gasteiger partial charge in [0.05, 0.1) is 47.3 Å². The second kappa shape index (κ2) is 8.77. The van der Waals surface area contributed by atoms with Crippen molar-refractivity contribution in [1.82, 2.24) is 39.5 Å². The number of hydrogen-bond donors (Lipinski definition) is 0. The lowest BCUT2D eigenvalue weighted by molar-refractivity contribution is 0.397. The molecule has 0 saturated heterocycles. The molecule has 1 fully saturated rings. The van der Waals surface area contributed by atoms with Crippen molar-refractivity contribution < 1.29 is 4.74 Å². The Morgan fingerprint density at radius 1 is 1.09 bits per heavy atom. The van der Waals surface area contributed by atoms with Crippen LogP contribution in [-0.2, 0) is 6.54 Å². The summed E-state index contributed by atoms with van der Waals surface area (Å²) in [4.78, 5) is 18.3. The van der Waals surface area contributed by atoms with E-state index in [0.29, 0.717) is 24.2 Å². The van der Waals surface area contributed by atoms with E-state index in [-0.39, 0.29) is 0 Å². The van der Waals surface area contributed by atoms with Crippen molar-refractivity contribution in [2.75, 3.05) is 13.4 Å². The highest BCUT2D eigenvalue weighted by atomic mass is 32.2. The molecular weight excluding hydrogens is 460 g/mol. The first-order valence-corrected chi connectivity index (χ1v) is 12.6. The number of nitrogens with zero attached hydrogens (tertiary/aromatic N) is 8. The topological polar surface area (TPSA) is 96.4 Å². The number of ether oxygens (including phenoxy) is 1. The summed E-state index contributed by atoms with van der Waals surface area (Å²) in [5.74, 6) is 1.48. The van der Waals surface area contributed by atoms with Crippen molar-refractivity contribution in [1.29, 1.82) is 0 Å². The number of aromatic nitrogens is 8. The van der Waals surface area contributed by atoms with E-state index in [2.05, 4.69) is 61.7 Å². The van der Waals surface area contributed by atoms with Crippen LogP contribution >= 0.6 is 11.8 Å². The fourth-order valence-electron chi connectivity index (χ4n) is 4.24. The van der Waals surface area contributed by atoms with Gasteiger partial charge in [-0.3, -0.25) is 0 Å². The molecule has 5 aromatic rings. The van der Waals surface area contributed by atoms with E-state index in [9.17, 15) is 0 Å². The van der Waals surface area contributed by atoms with Gasteiger partial charge in [0, 0.05) is 12.1 Å². The second-order valence-corrected chi connectivity index (χ2v) is 9.43. The third-order valence-electron chi connectivity index (χ3n) is 6.12. The lowest BCUT2D eigenvalue weighted by atomic mass is 10.1. The Bertz CT molecular complexity index is 1520. The van der Waals surface area contributed by atoms with Gasteiger partial charge in [-0.2, -0.15) is 10.2 Å². The average molecular weight is 485 g/mol. The molecule has 0 radical (unpaired) electrons. The second-order valence-electron chi connectivity index (χ2n) is 8.60. The van der Waals surface area contributed by atoms with E-state index in [0.717, 1.165) is 57.1 Å². The van der Waals surface area contributed by atoms with E-state index < -0.39 is 0 Å². The van der Waals surface area contributed by atoms with E-state index in [1.54, 1.807) is 37.6 Å². The number of rotatable bonds is 7. The van der Waals surface area contributed by atoms with Crippen LogP contribution in [0.2, 0.25) is 0 Å². The Morgan fingerprint density at radius 3 is 2.66 bits per heavy atom. The molecule has 9 nitrogen and oxygen atoms in total. The molecular formula is C25H24N8OS. The number of fused-ring (bicyclic) bond motifs is 1. The van der Waals surface area contributed by atoms with Gasteiger partial charge in [0.15, 0.2) is 11.5 Å². The van der Waals surface area contributed by atoms with Gasteiger partial charge >= 0.3 is 0 Å². The summed E-state index contributed by atoms with van der Waals surface area (Å²) in [5, 5.41) is 11.2. The predicted molar refractivity (Wildman–Crippen MR) is 134 cm³/mol. The van der Waals surface area contributed by atoms with Crippen molar-refractivity contribution in [3.63, 3.8) is 0 Å². The van der Waals surface area contributed by atoms with Crippen LogP contribution in [0.1, 0.15) is 35.7 Å². The molecule has 1 aromatic carbocycles. The SMILES string of the molecule is COc1ncnc(C2CC2)c1-c1ncc2cnn(Cc3ccc(-n4nc(C)cc4SC)cc3)c2n1. The first-order chi connectivity index (χ1) is 17.1. The zero-order chi connectivity index (χ0) is 23.9. The van der Waals surface area contributed by atoms with Crippen molar-refractivity contribution in [3.8, 4) is 23.0 Å². The van der Waals surface area contributed by atoms with Crippen LogP contribution in [0.25, 0.3) is 28.1 Å². The van der Waals surface area contributed by atoms with Crippen LogP contribution < -0.4 is 4.74 Å². The van der Waals surface area contributed by atoms with Gasteiger partial charge in [-0.05, 0) is 49.8 Å². The van der Waals surface area contributed by atoms with Crippen molar-refractivity contribution in [2.24, 2.45) is 0 Å². The highest BCUT2D eigenvalue weighted by Gasteiger charge is 2.31. The fourth-order valence-corrected chi connectivity index (χ4v) is 4.85. The van der Waals surface area contributed by atoms with Crippen LogP contribution in [0.4, 0.5) is 0 Å². The lowest BCUT2D eigenvalue weighted by Crippen LogP contribution is -2.06. The molecule has 1 aliphatic carbocycles. The van der Waals surface area contributed by atoms with Gasteiger partial charge in [0.25, 0.3) is 0 Å². The number of methoxy groups -OCH3 is 1. The summed E-state index contributed by atoms with van der Waals surface area (Å²) >= 11 is 1.68. The Labute approximate surface area is 206 Å². The minimum Gasteiger partial charge on any atom is -0.480 e. The maximum Gasteiger partial charge on any atom is 0.227 e. The molecule has 0 bridgehead atoms. The molecule has 0 unspecified atom stereocenters. The molecule has 176 valence electrons. The highest BCUT2D eigenvalue weighted by molar-refractivity contribution is 7.98. The molecule has 10 heteroatoms. The number of hydrogen-bond acceptors (Lipinski definition) is 8. The monoisotopic (exact) mass is 484 g/mol. The highest BCUT2D eigenvalue weighted by Crippen LogP contribution is 2.44. The standard InChI is InChI=1S/C25H24N8OS/c1-15-10-20(35-3)33(31-15)19-8-4-16(5-9-19)13-32-24-18(12-29-32)11-26-23(30-24)21-22(17-6-7-17)27-14-28-25(21)34-2/h4-5,8-12,14,17H,6-7,13H2,1-3H3. The Morgan fingerprint density at radius 2 is 1.91 bits per heavy atom. The molecule has 4 heterocycles. The maximum absolute atomic E-state index is 5.54. The minimum atomic E-state index is 0.412. The molecule has 0 spiro atoms. The van der Waals surface area contributed by atoms with Crippen LogP contribution in [-0.4, -0.2) is 52.9 Å². The summed E-state index contributed by atoms with van der Waals surface area (Å²) < 4.78 is 9.41. The first kappa shape index (κ1) is 21.7.